The number of rotatable bonds is 3. The topological polar surface area (TPSA) is 61.7 Å². The Bertz CT molecular complexity index is 352. The van der Waals surface area contributed by atoms with Crippen molar-refractivity contribution in [3.8, 4) is 0 Å². The first-order valence-corrected chi connectivity index (χ1v) is 5.11. The van der Waals surface area contributed by atoms with Crippen LogP contribution in [0.4, 0.5) is 5.69 Å². The molecule has 0 unspecified atom stereocenters. The van der Waals surface area contributed by atoms with Crippen LogP contribution in [0.2, 0.25) is 0 Å². The van der Waals surface area contributed by atoms with E-state index in [4.69, 9.17) is 5.21 Å². The first-order chi connectivity index (χ1) is 6.76. The fourth-order valence-corrected chi connectivity index (χ4v) is 1.39. The fraction of sp³-hybridized carbons (Fsp3) is 0.111. The molecule has 0 saturated heterocycles. The number of hydrogen-bond donors (Lipinski definition) is 2. The van der Waals surface area contributed by atoms with Gasteiger partial charge in [-0.25, -0.2) is 0 Å². The van der Waals surface area contributed by atoms with Crippen LogP contribution in [0.25, 0.3) is 0 Å². The number of amides is 1. The number of benzene rings is 1. The van der Waals surface area contributed by atoms with E-state index in [1.54, 1.807) is 17.8 Å². The normalized spacial score (nSPS) is 10.4. The zero-order valence-corrected chi connectivity index (χ0v) is 8.41. The Balaban J connectivity index is 2.71. The van der Waals surface area contributed by atoms with Crippen LogP contribution in [0.15, 0.2) is 34.3 Å². The summed E-state index contributed by atoms with van der Waals surface area (Å²) in [7, 11) is 0. The number of hydrogen-bond acceptors (Lipinski definition) is 4. The second-order valence-electron chi connectivity index (χ2n) is 2.47. The minimum absolute atomic E-state index is 0.453. The minimum atomic E-state index is -0.453. The first-order valence-electron chi connectivity index (χ1n) is 3.88. The summed E-state index contributed by atoms with van der Waals surface area (Å²) in [5.74, 6) is -0.453. The molecule has 0 aliphatic rings. The Morgan fingerprint density at radius 3 is 3.07 bits per heavy atom. The summed E-state index contributed by atoms with van der Waals surface area (Å²) in [5.41, 5.74) is 0.682. The Hall–Kier alpha value is -1.49. The van der Waals surface area contributed by atoms with E-state index in [9.17, 15) is 4.79 Å². The molecule has 14 heavy (non-hydrogen) atoms. The van der Waals surface area contributed by atoms with Gasteiger partial charge in [0.1, 0.15) is 6.21 Å². The van der Waals surface area contributed by atoms with Crippen molar-refractivity contribution >= 4 is 29.6 Å². The number of anilines is 1. The van der Waals surface area contributed by atoms with Gasteiger partial charge < -0.3 is 10.5 Å². The van der Waals surface area contributed by atoms with E-state index < -0.39 is 5.91 Å². The van der Waals surface area contributed by atoms with Gasteiger partial charge in [0.2, 0.25) is 0 Å². The zero-order valence-electron chi connectivity index (χ0n) is 7.60. The lowest BCUT2D eigenvalue weighted by molar-refractivity contribution is -0.110. The summed E-state index contributed by atoms with van der Waals surface area (Å²) in [6, 6.07) is 7.40. The minimum Gasteiger partial charge on any atom is -0.411 e. The van der Waals surface area contributed by atoms with E-state index in [-0.39, 0.29) is 0 Å². The summed E-state index contributed by atoms with van der Waals surface area (Å²) >= 11 is 1.59. The lowest BCUT2D eigenvalue weighted by Gasteiger charge is -2.02. The molecule has 1 amide bonds. The second-order valence-corrected chi connectivity index (χ2v) is 3.35. The van der Waals surface area contributed by atoms with Crippen LogP contribution in [0.5, 0.6) is 0 Å². The van der Waals surface area contributed by atoms with Crippen LogP contribution in [0.3, 0.4) is 0 Å². The van der Waals surface area contributed by atoms with Crippen LogP contribution in [0.1, 0.15) is 0 Å². The molecule has 0 spiro atoms. The Morgan fingerprint density at radius 2 is 2.43 bits per heavy atom. The van der Waals surface area contributed by atoms with Gasteiger partial charge in [0, 0.05) is 10.6 Å². The van der Waals surface area contributed by atoms with Gasteiger partial charge in [0.15, 0.2) is 0 Å². The number of nitrogens with zero attached hydrogens (tertiary/aromatic N) is 1. The van der Waals surface area contributed by atoms with Crippen LogP contribution < -0.4 is 5.32 Å². The molecule has 0 aliphatic heterocycles. The number of carbonyl (C=O) groups excluding carboxylic acids is 1. The third-order valence-electron chi connectivity index (χ3n) is 1.51. The molecular weight excluding hydrogens is 200 g/mol. The molecule has 0 aromatic heterocycles. The van der Waals surface area contributed by atoms with Crippen molar-refractivity contribution in [3.05, 3.63) is 24.3 Å². The molecule has 0 radical (unpaired) electrons. The molecule has 0 aliphatic carbocycles. The molecular formula is C9H10N2O2S. The van der Waals surface area contributed by atoms with Crippen LogP contribution in [-0.2, 0) is 4.79 Å². The van der Waals surface area contributed by atoms with Gasteiger partial charge in [-0.05, 0) is 24.5 Å². The molecule has 0 bridgehead atoms. The maximum atomic E-state index is 11.0. The molecule has 1 aromatic carbocycles. The molecule has 1 aromatic rings. The quantitative estimate of drug-likeness (QED) is 0.346. The van der Waals surface area contributed by atoms with Gasteiger partial charge >= 0.3 is 0 Å². The monoisotopic (exact) mass is 210 g/mol. The standard InChI is InChI=1S/C9H10N2O2S/c1-14-8-4-2-3-7(5-8)11-9(12)6-10-13/h2-6,13H,1H3,(H,11,12)/b10-6-. The average molecular weight is 210 g/mol. The van der Waals surface area contributed by atoms with Gasteiger partial charge in [0.25, 0.3) is 5.91 Å². The van der Waals surface area contributed by atoms with Gasteiger partial charge in [0.05, 0.1) is 0 Å². The van der Waals surface area contributed by atoms with Gasteiger partial charge in [-0.2, -0.15) is 0 Å². The third kappa shape index (κ3) is 3.10. The SMILES string of the molecule is CSc1cccc(NC(=O)/C=N\O)c1. The lowest BCUT2D eigenvalue weighted by atomic mass is 10.3. The van der Waals surface area contributed by atoms with Crippen molar-refractivity contribution in [1.82, 2.24) is 0 Å². The highest BCUT2D eigenvalue weighted by atomic mass is 32.2. The summed E-state index contributed by atoms with van der Waals surface area (Å²) in [6.45, 7) is 0. The number of oxime groups is 1. The molecule has 0 atom stereocenters. The van der Waals surface area contributed by atoms with Crippen molar-refractivity contribution < 1.29 is 10.0 Å². The van der Waals surface area contributed by atoms with Crippen LogP contribution in [-0.4, -0.2) is 23.6 Å². The summed E-state index contributed by atoms with van der Waals surface area (Å²) in [4.78, 5) is 12.0. The summed E-state index contributed by atoms with van der Waals surface area (Å²) in [5, 5.41) is 13.3. The van der Waals surface area contributed by atoms with Crippen molar-refractivity contribution in [2.24, 2.45) is 5.16 Å². The van der Waals surface area contributed by atoms with Crippen molar-refractivity contribution in [3.63, 3.8) is 0 Å². The average Bonchev–Trinajstić information content (AvgIpc) is 2.18. The van der Waals surface area contributed by atoms with Crippen molar-refractivity contribution in [2.45, 2.75) is 4.90 Å². The van der Waals surface area contributed by atoms with E-state index in [2.05, 4.69) is 10.5 Å². The van der Waals surface area contributed by atoms with E-state index in [1.165, 1.54) is 0 Å². The molecule has 5 heteroatoms. The molecule has 0 heterocycles. The predicted molar refractivity (Wildman–Crippen MR) is 57.1 cm³/mol. The third-order valence-corrected chi connectivity index (χ3v) is 2.24. The predicted octanol–water partition coefficient (Wildman–Crippen LogP) is 1.81. The molecule has 0 fully saturated rings. The van der Waals surface area contributed by atoms with E-state index in [0.29, 0.717) is 5.69 Å². The van der Waals surface area contributed by atoms with E-state index >= 15 is 0 Å². The van der Waals surface area contributed by atoms with Crippen molar-refractivity contribution in [1.29, 1.82) is 0 Å². The second kappa shape index (κ2) is 5.29. The molecule has 74 valence electrons. The lowest BCUT2D eigenvalue weighted by Crippen LogP contribution is -2.12. The first kappa shape index (κ1) is 10.6. The largest absolute Gasteiger partial charge is 0.411 e. The highest BCUT2D eigenvalue weighted by Gasteiger charge is 1.98. The maximum absolute atomic E-state index is 11.0. The highest BCUT2D eigenvalue weighted by molar-refractivity contribution is 7.98. The summed E-state index contributed by atoms with van der Waals surface area (Å²) in [6.07, 6.45) is 2.77. The fourth-order valence-electron chi connectivity index (χ4n) is 0.928. The maximum Gasteiger partial charge on any atom is 0.270 e. The highest BCUT2D eigenvalue weighted by Crippen LogP contribution is 2.18. The molecule has 1 rings (SSSR count). The number of carbonyl (C=O) groups is 1. The molecule has 4 nitrogen and oxygen atoms in total. The number of thioether (sulfide) groups is 1. The summed E-state index contributed by atoms with van der Waals surface area (Å²) < 4.78 is 0. The Labute approximate surface area is 86.0 Å². The van der Waals surface area contributed by atoms with Gasteiger partial charge in [-0.1, -0.05) is 11.2 Å². The van der Waals surface area contributed by atoms with E-state index in [1.807, 2.05) is 24.5 Å². The Kier molecular flexibility index (Phi) is 4.00. The number of nitrogens with one attached hydrogen (secondary N) is 1. The van der Waals surface area contributed by atoms with Crippen LogP contribution >= 0.6 is 11.8 Å². The van der Waals surface area contributed by atoms with Gasteiger partial charge in [-0.15, -0.1) is 11.8 Å². The molecule has 2 N–H and O–H groups in total. The van der Waals surface area contributed by atoms with Crippen LogP contribution in [0, 0.1) is 0 Å². The Morgan fingerprint density at radius 1 is 1.64 bits per heavy atom. The van der Waals surface area contributed by atoms with Gasteiger partial charge in [-0.3, -0.25) is 4.79 Å². The van der Waals surface area contributed by atoms with E-state index in [0.717, 1.165) is 11.1 Å². The molecule has 0 saturated carbocycles. The van der Waals surface area contributed by atoms with Crippen molar-refractivity contribution in [2.75, 3.05) is 11.6 Å². The zero-order chi connectivity index (χ0) is 10.4. The smallest absolute Gasteiger partial charge is 0.270 e.